The summed E-state index contributed by atoms with van der Waals surface area (Å²) >= 11 is 1.51. The number of nitrogen functional groups attached to an aromatic ring is 1. The zero-order valence-corrected chi connectivity index (χ0v) is 12.2. The van der Waals surface area contributed by atoms with Crippen molar-refractivity contribution in [1.82, 2.24) is 4.98 Å². The van der Waals surface area contributed by atoms with Crippen LogP contribution in [0.15, 0.2) is 36.4 Å². The highest BCUT2D eigenvalue weighted by atomic mass is 32.1. The maximum atomic E-state index is 11.5. The number of carbonyl (C=O) groups excluding carboxylic acids is 1. The maximum absolute atomic E-state index is 11.5. The number of benzene rings is 2. The number of amides is 1. The highest BCUT2D eigenvalue weighted by Crippen LogP contribution is 2.32. The summed E-state index contributed by atoms with van der Waals surface area (Å²) < 4.78 is 1.08. The van der Waals surface area contributed by atoms with Gasteiger partial charge in [0, 0.05) is 0 Å². The Kier molecular flexibility index (Phi) is 3.23. The van der Waals surface area contributed by atoms with Crippen molar-refractivity contribution >= 4 is 44.0 Å². The van der Waals surface area contributed by atoms with Gasteiger partial charge in [0.15, 0.2) is 5.13 Å². The molecule has 0 spiro atoms. The van der Waals surface area contributed by atoms with Gasteiger partial charge in [0.1, 0.15) is 0 Å². The third-order valence-electron chi connectivity index (χ3n) is 3.14. The summed E-state index contributed by atoms with van der Waals surface area (Å²) in [6, 6.07) is 11.1. The zero-order chi connectivity index (χ0) is 15.0. The topological polar surface area (TPSA) is 94.0 Å². The number of carbonyl (C=O) groups is 1. The Labute approximate surface area is 125 Å². The second-order valence-electron chi connectivity index (χ2n) is 4.75. The van der Waals surface area contributed by atoms with Crippen molar-refractivity contribution < 1.29 is 4.79 Å². The van der Waals surface area contributed by atoms with Crippen LogP contribution in [0.2, 0.25) is 0 Å². The fourth-order valence-corrected chi connectivity index (χ4v) is 3.08. The Balaban J connectivity index is 2.04. The minimum absolute atomic E-state index is 0.352. The van der Waals surface area contributed by atoms with Crippen molar-refractivity contribution in [2.24, 2.45) is 5.73 Å². The van der Waals surface area contributed by atoms with Crippen LogP contribution in [0.5, 0.6) is 0 Å². The molecule has 1 aromatic heterocycles. The lowest BCUT2D eigenvalue weighted by atomic mass is 10.1. The number of aryl methyl sites for hydroxylation is 1. The van der Waals surface area contributed by atoms with Crippen LogP contribution in [0, 0.1) is 6.92 Å². The summed E-state index contributed by atoms with van der Waals surface area (Å²) in [5, 5.41) is 3.79. The Morgan fingerprint density at radius 3 is 2.86 bits per heavy atom. The zero-order valence-electron chi connectivity index (χ0n) is 11.4. The third kappa shape index (κ3) is 2.53. The van der Waals surface area contributed by atoms with Gasteiger partial charge < -0.3 is 16.8 Å². The van der Waals surface area contributed by atoms with E-state index in [1.54, 1.807) is 18.2 Å². The summed E-state index contributed by atoms with van der Waals surface area (Å²) in [7, 11) is 0. The largest absolute Gasteiger partial charge is 0.397 e. The van der Waals surface area contributed by atoms with Crippen LogP contribution in [0.4, 0.5) is 16.5 Å². The van der Waals surface area contributed by atoms with Crippen molar-refractivity contribution in [1.29, 1.82) is 0 Å². The van der Waals surface area contributed by atoms with Gasteiger partial charge in [-0.2, -0.15) is 0 Å². The Morgan fingerprint density at radius 2 is 2.10 bits per heavy atom. The first-order chi connectivity index (χ1) is 10.0. The lowest BCUT2D eigenvalue weighted by Crippen LogP contribution is -2.14. The van der Waals surface area contributed by atoms with Gasteiger partial charge >= 0.3 is 0 Å². The van der Waals surface area contributed by atoms with E-state index in [4.69, 9.17) is 11.5 Å². The molecule has 0 fully saturated rings. The first kappa shape index (κ1) is 13.4. The van der Waals surface area contributed by atoms with E-state index < -0.39 is 5.91 Å². The molecular formula is C15H14N4OS. The Hall–Kier alpha value is -2.60. The van der Waals surface area contributed by atoms with E-state index in [0.29, 0.717) is 22.1 Å². The van der Waals surface area contributed by atoms with Crippen LogP contribution < -0.4 is 16.8 Å². The standard InChI is InChI=1S/C15H14N4OS/c1-8-5-6-11-12(7-8)21-15(18-11)19-13-9(14(17)20)3-2-4-10(13)16/h2-7H,16H2,1H3,(H2,17,20)(H,18,19). The number of para-hydroxylation sites is 1. The number of aromatic nitrogens is 1. The summed E-state index contributed by atoms with van der Waals surface area (Å²) in [6.45, 7) is 2.03. The van der Waals surface area contributed by atoms with Gasteiger partial charge in [-0.1, -0.05) is 23.5 Å². The molecule has 5 nitrogen and oxygen atoms in total. The van der Waals surface area contributed by atoms with Gasteiger partial charge in [0.2, 0.25) is 0 Å². The third-order valence-corrected chi connectivity index (χ3v) is 4.07. The number of fused-ring (bicyclic) bond motifs is 1. The van der Waals surface area contributed by atoms with E-state index in [2.05, 4.69) is 16.4 Å². The molecule has 0 radical (unpaired) electrons. The maximum Gasteiger partial charge on any atom is 0.250 e. The van der Waals surface area contributed by atoms with Gasteiger partial charge in [-0.25, -0.2) is 4.98 Å². The number of primary amides is 1. The number of anilines is 3. The minimum Gasteiger partial charge on any atom is -0.397 e. The first-order valence-electron chi connectivity index (χ1n) is 6.37. The molecule has 3 aromatic rings. The average molecular weight is 298 g/mol. The highest BCUT2D eigenvalue weighted by molar-refractivity contribution is 7.22. The van der Waals surface area contributed by atoms with Gasteiger partial charge in [-0.3, -0.25) is 4.79 Å². The molecule has 0 saturated heterocycles. The van der Waals surface area contributed by atoms with E-state index in [0.717, 1.165) is 10.2 Å². The molecule has 6 heteroatoms. The number of rotatable bonds is 3. The van der Waals surface area contributed by atoms with Crippen LogP contribution in [0.1, 0.15) is 15.9 Å². The molecule has 0 saturated carbocycles. The minimum atomic E-state index is -0.526. The van der Waals surface area contributed by atoms with E-state index in [1.807, 2.05) is 19.1 Å². The van der Waals surface area contributed by atoms with E-state index in [-0.39, 0.29) is 0 Å². The number of hydrogen-bond donors (Lipinski definition) is 3. The quantitative estimate of drug-likeness (QED) is 0.648. The van der Waals surface area contributed by atoms with Gasteiger partial charge in [-0.05, 0) is 36.8 Å². The monoisotopic (exact) mass is 298 g/mol. The summed E-state index contributed by atoms with van der Waals surface area (Å²) in [5.74, 6) is -0.526. The summed E-state index contributed by atoms with van der Waals surface area (Å²) in [4.78, 5) is 16.0. The van der Waals surface area contributed by atoms with E-state index in [1.165, 1.54) is 16.9 Å². The van der Waals surface area contributed by atoms with Gasteiger partial charge in [-0.15, -0.1) is 0 Å². The number of nitrogens with zero attached hydrogens (tertiary/aromatic N) is 1. The SMILES string of the molecule is Cc1ccc2nc(Nc3c(N)cccc3C(N)=O)sc2c1. The van der Waals surface area contributed by atoms with Crippen LogP contribution in [0.3, 0.4) is 0 Å². The molecule has 1 amide bonds. The molecule has 0 bridgehead atoms. The van der Waals surface area contributed by atoms with Gasteiger partial charge in [0.25, 0.3) is 5.91 Å². The predicted molar refractivity (Wildman–Crippen MR) is 87.0 cm³/mol. The van der Waals surface area contributed by atoms with Crippen molar-refractivity contribution in [2.75, 3.05) is 11.1 Å². The van der Waals surface area contributed by atoms with Crippen molar-refractivity contribution in [3.63, 3.8) is 0 Å². The smallest absolute Gasteiger partial charge is 0.250 e. The average Bonchev–Trinajstić information content (AvgIpc) is 2.82. The molecule has 0 atom stereocenters. The van der Waals surface area contributed by atoms with Gasteiger partial charge in [0.05, 0.1) is 27.2 Å². The van der Waals surface area contributed by atoms with Crippen molar-refractivity contribution in [2.45, 2.75) is 6.92 Å². The molecule has 106 valence electrons. The second kappa shape index (κ2) is 5.06. The fourth-order valence-electron chi connectivity index (χ4n) is 2.11. The number of nitrogens with two attached hydrogens (primary N) is 2. The lowest BCUT2D eigenvalue weighted by Gasteiger charge is -2.10. The number of nitrogens with one attached hydrogen (secondary N) is 1. The molecule has 1 heterocycles. The normalized spacial score (nSPS) is 10.7. The number of thiazole rings is 1. The van der Waals surface area contributed by atoms with E-state index in [9.17, 15) is 4.79 Å². The fraction of sp³-hybridized carbons (Fsp3) is 0.0667. The highest BCUT2D eigenvalue weighted by Gasteiger charge is 2.13. The predicted octanol–water partition coefficient (Wildman–Crippen LogP) is 3.03. The Morgan fingerprint density at radius 1 is 1.29 bits per heavy atom. The van der Waals surface area contributed by atoms with Crippen LogP contribution in [-0.4, -0.2) is 10.9 Å². The molecule has 0 aliphatic heterocycles. The molecule has 0 unspecified atom stereocenters. The van der Waals surface area contributed by atoms with Crippen molar-refractivity contribution in [3.05, 3.63) is 47.5 Å². The summed E-state index contributed by atoms with van der Waals surface area (Å²) in [6.07, 6.45) is 0. The lowest BCUT2D eigenvalue weighted by molar-refractivity contribution is 0.100. The first-order valence-corrected chi connectivity index (χ1v) is 7.19. The Bertz CT molecular complexity index is 841. The van der Waals surface area contributed by atoms with Crippen LogP contribution >= 0.6 is 11.3 Å². The number of hydrogen-bond acceptors (Lipinski definition) is 5. The van der Waals surface area contributed by atoms with E-state index >= 15 is 0 Å². The van der Waals surface area contributed by atoms with Crippen LogP contribution in [-0.2, 0) is 0 Å². The molecule has 5 N–H and O–H groups in total. The van der Waals surface area contributed by atoms with Crippen molar-refractivity contribution in [3.8, 4) is 0 Å². The molecule has 0 aliphatic carbocycles. The molecule has 0 aliphatic rings. The molecule has 3 rings (SSSR count). The second-order valence-corrected chi connectivity index (χ2v) is 5.78. The summed E-state index contributed by atoms with van der Waals surface area (Å²) in [5.41, 5.74) is 14.7. The molecule has 21 heavy (non-hydrogen) atoms. The molecular weight excluding hydrogens is 284 g/mol. The molecule has 2 aromatic carbocycles. The van der Waals surface area contributed by atoms with Crippen LogP contribution in [0.25, 0.3) is 10.2 Å².